The smallest absolute Gasteiger partial charge is 0.244 e. The van der Waals surface area contributed by atoms with Crippen molar-refractivity contribution in [1.82, 2.24) is 9.55 Å². The summed E-state index contributed by atoms with van der Waals surface area (Å²) in [5.74, 6) is 0.514. The minimum absolute atomic E-state index is 0.00283. The quantitative estimate of drug-likeness (QED) is 0.750. The number of hydrogen-bond acceptors (Lipinski definition) is 4. The molecule has 0 fully saturated rings. The van der Waals surface area contributed by atoms with Crippen molar-refractivity contribution in [2.24, 2.45) is 5.14 Å². The Labute approximate surface area is 139 Å². The Morgan fingerprint density at radius 2 is 1.83 bits per heavy atom. The number of sulfonamides is 1. The molecule has 7 nitrogen and oxygen atoms in total. The van der Waals surface area contributed by atoms with E-state index in [0.29, 0.717) is 5.69 Å². The lowest BCUT2D eigenvalue weighted by Gasteiger charge is -2.09. The molecule has 24 heavy (non-hydrogen) atoms. The second kappa shape index (κ2) is 6.06. The van der Waals surface area contributed by atoms with Gasteiger partial charge in [-0.05, 0) is 43.3 Å². The summed E-state index contributed by atoms with van der Waals surface area (Å²) in [5, 5.41) is 7.77. The van der Waals surface area contributed by atoms with E-state index in [0.717, 1.165) is 16.9 Å². The Morgan fingerprint density at radius 3 is 2.50 bits per heavy atom. The standard InChI is InChI=1S/C16H16N4O3S/c1-11-18-14-4-2-3-5-15(14)20(11)10-16(21)19-12-6-8-13(9-7-12)24(17,22)23/h2-9H,10H2,1H3,(H,19,21)(H2,17,22,23). The highest BCUT2D eigenvalue weighted by atomic mass is 32.2. The number of carbonyl (C=O) groups is 1. The van der Waals surface area contributed by atoms with Gasteiger partial charge in [-0.15, -0.1) is 0 Å². The molecule has 0 bridgehead atoms. The number of nitrogens with two attached hydrogens (primary N) is 1. The van der Waals surface area contributed by atoms with Crippen LogP contribution in [0.1, 0.15) is 5.82 Å². The molecule has 2 aromatic carbocycles. The number of aromatic nitrogens is 2. The molecule has 3 rings (SSSR count). The fourth-order valence-corrected chi connectivity index (χ4v) is 2.98. The van der Waals surface area contributed by atoms with Gasteiger partial charge in [0.05, 0.1) is 15.9 Å². The predicted molar refractivity (Wildman–Crippen MR) is 90.9 cm³/mol. The molecule has 0 aliphatic rings. The summed E-state index contributed by atoms with van der Waals surface area (Å²) >= 11 is 0. The van der Waals surface area contributed by atoms with E-state index in [1.165, 1.54) is 24.3 Å². The Hall–Kier alpha value is -2.71. The fraction of sp³-hybridized carbons (Fsp3) is 0.125. The Bertz CT molecular complexity index is 1010. The number of nitrogens with one attached hydrogen (secondary N) is 1. The predicted octanol–water partition coefficient (Wildman–Crippen LogP) is 1.63. The molecular weight excluding hydrogens is 328 g/mol. The average molecular weight is 344 g/mol. The number of amides is 1. The second-order valence-electron chi connectivity index (χ2n) is 5.35. The Balaban J connectivity index is 1.77. The number of imidazole rings is 1. The Kier molecular flexibility index (Phi) is 4.08. The van der Waals surface area contributed by atoms with Gasteiger partial charge < -0.3 is 9.88 Å². The molecule has 0 spiro atoms. The molecule has 0 saturated carbocycles. The average Bonchev–Trinajstić information content (AvgIpc) is 2.83. The van der Waals surface area contributed by atoms with Gasteiger partial charge in [-0.25, -0.2) is 18.5 Å². The molecule has 0 aliphatic carbocycles. The molecule has 3 N–H and O–H groups in total. The third-order valence-electron chi connectivity index (χ3n) is 3.61. The van der Waals surface area contributed by atoms with Crippen LogP contribution in [0.2, 0.25) is 0 Å². The molecule has 3 aromatic rings. The van der Waals surface area contributed by atoms with Crippen LogP contribution in [0, 0.1) is 6.92 Å². The number of nitrogens with zero attached hydrogens (tertiary/aromatic N) is 2. The topological polar surface area (TPSA) is 107 Å². The molecule has 8 heteroatoms. The van der Waals surface area contributed by atoms with Crippen LogP contribution in [-0.4, -0.2) is 23.9 Å². The summed E-state index contributed by atoms with van der Waals surface area (Å²) in [6.07, 6.45) is 0. The maximum absolute atomic E-state index is 12.3. The minimum Gasteiger partial charge on any atom is -0.325 e. The molecule has 0 atom stereocenters. The third kappa shape index (κ3) is 3.29. The molecule has 1 heterocycles. The van der Waals surface area contributed by atoms with E-state index in [4.69, 9.17) is 5.14 Å². The maximum Gasteiger partial charge on any atom is 0.244 e. The van der Waals surface area contributed by atoms with Gasteiger partial charge in [0.2, 0.25) is 15.9 Å². The summed E-state index contributed by atoms with van der Waals surface area (Å²) < 4.78 is 24.3. The van der Waals surface area contributed by atoms with Gasteiger partial charge in [0.25, 0.3) is 0 Å². The minimum atomic E-state index is -3.74. The number of aryl methyl sites for hydroxylation is 1. The monoisotopic (exact) mass is 344 g/mol. The number of benzene rings is 2. The SMILES string of the molecule is Cc1nc2ccccc2n1CC(=O)Nc1ccc(S(N)(=O)=O)cc1. The van der Waals surface area contributed by atoms with E-state index in [1.807, 2.05) is 35.8 Å². The van der Waals surface area contributed by atoms with Crippen LogP contribution in [0.5, 0.6) is 0 Å². The van der Waals surface area contributed by atoms with Gasteiger partial charge in [0, 0.05) is 5.69 Å². The van der Waals surface area contributed by atoms with E-state index in [-0.39, 0.29) is 17.3 Å². The largest absolute Gasteiger partial charge is 0.325 e. The van der Waals surface area contributed by atoms with E-state index in [2.05, 4.69) is 10.3 Å². The van der Waals surface area contributed by atoms with Crippen molar-refractivity contribution in [2.75, 3.05) is 5.32 Å². The lowest BCUT2D eigenvalue weighted by molar-refractivity contribution is -0.116. The van der Waals surface area contributed by atoms with Crippen LogP contribution in [0.3, 0.4) is 0 Å². The summed E-state index contributed by atoms with van der Waals surface area (Å²) in [6.45, 7) is 1.96. The molecular formula is C16H16N4O3S. The first-order chi connectivity index (χ1) is 11.3. The number of rotatable bonds is 4. The zero-order valence-electron chi connectivity index (χ0n) is 12.9. The van der Waals surface area contributed by atoms with Gasteiger partial charge in [0.1, 0.15) is 12.4 Å². The van der Waals surface area contributed by atoms with Crippen LogP contribution >= 0.6 is 0 Å². The van der Waals surface area contributed by atoms with Gasteiger partial charge in [-0.1, -0.05) is 12.1 Å². The summed E-state index contributed by atoms with van der Waals surface area (Å²) in [5.41, 5.74) is 2.21. The fourth-order valence-electron chi connectivity index (χ4n) is 2.47. The van der Waals surface area contributed by atoms with Gasteiger partial charge in [-0.3, -0.25) is 4.79 Å². The van der Waals surface area contributed by atoms with Crippen molar-refractivity contribution in [3.8, 4) is 0 Å². The van der Waals surface area contributed by atoms with Gasteiger partial charge in [0.15, 0.2) is 0 Å². The first kappa shape index (κ1) is 16.2. The number of primary sulfonamides is 1. The lowest BCUT2D eigenvalue weighted by atomic mass is 10.3. The first-order valence-electron chi connectivity index (χ1n) is 7.19. The number of anilines is 1. The van der Waals surface area contributed by atoms with Crippen LogP contribution in [0.25, 0.3) is 11.0 Å². The van der Waals surface area contributed by atoms with Crippen molar-refractivity contribution < 1.29 is 13.2 Å². The number of carbonyl (C=O) groups excluding carboxylic acids is 1. The number of para-hydroxylation sites is 2. The highest BCUT2D eigenvalue weighted by molar-refractivity contribution is 7.89. The first-order valence-corrected chi connectivity index (χ1v) is 8.74. The molecule has 0 radical (unpaired) electrons. The van der Waals surface area contributed by atoms with Crippen molar-refractivity contribution in [3.63, 3.8) is 0 Å². The highest BCUT2D eigenvalue weighted by Crippen LogP contribution is 2.16. The van der Waals surface area contributed by atoms with E-state index < -0.39 is 10.0 Å². The van der Waals surface area contributed by atoms with Crippen LogP contribution in [-0.2, 0) is 21.4 Å². The third-order valence-corrected chi connectivity index (χ3v) is 4.54. The van der Waals surface area contributed by atoms with Crippen molar-refractivity contribution in [1.29, 1.82) is 0 Å². The van der Waals surface area contributed by atoms with Crippen molar-refractivity contribution >= 4 is 32.7 Å². The zero-order valence-corrected chi connectivity index (χ0v) is 13.7. The van der Waals surface area contributed by atoms with Gasteiger partial charge >= 0.3 is 0 Å². The summed E-state index contributed by atoms with van der Waals surface area (Å²) in [4.78, 5) is 16.7. The van der Waals surface area contributed by atoms with Gasteiger partial charge in [-0.2, -0.15) is 0 Å². The molecule has 0 aliphatic heterocycles. The van der Waals surface area contributed by atoms with Crippen molar-refractivity contribution in [2.45, 2.75) is 18.4 Å². The maximum atomic E-state index is 12.3. The summed E-state index contributed by atoms with van der Waals surface area (Å²) in [7, 11) is -3.74. The molecule has 0 saturated heterocycles. The lowest BCUT2D eigenvalue weighted by Crippen LogP contribution is -2.19. The van der Waals surface area contributed by atoms with E-state index in [1.54, 1.807) is 0 Å². The zero-order chi connectivity index (χ0) is 17.3. The van der Waals surface area contributed by atoms with Crippen LogP contribution in [0.4, 0.5) is 5.69 Å². The van der Waals surface area contributed by atoms with Crippen LogP contribution in [0.15, 0.2) is 53.4 Å². The van der Waals surface area contributed by atoms with Crippen molar-refractivity contribution in [3.05, 3.63) is 54.4 Å². The second-order valence-corrected chi connectivity index (χ2v) is 6.91. The molecule has 124 valence electrons. The van der Waals surface area contributed by atoms with Crippen LogP contribution < -0.4 is 10.5 Å². The summed E-state index contributed by atoms with van der Waals surface area (Å²) in [6, 6.07) is 13.3. The van der Waals surface area contributed by atoms with E-state index in [9.17, 15) is 13.2 Å². The highest BCUT2D eigenvalue weighted by Gasteiger charge is 2.12. The molecule has 0 unspecified atom stereocenters. The molecule has 1 amide bonds. The Morgan fingerprint density at radius 1 is 1.17 bits per heavy atom. The van der Waals surface area contributed by atoms with E-state index >= 15 is 0 Å². The normalized spacial score (nSPS) is 11.6. The number of hydrogen-bond donors (Lipinski definition) is 2. The molecule has 1 aromatic heterocycles. The number of fused-ring (bicyclic) bond motifs is 1.